The van der Waals surface area contributed by atoms with Crippen LogP contribution in [0.3, 0.4) is 0 Å². The largest absolute Gasteiger partial charge is 0.406 e. The molecule has 0 aromatic heterocycles. The maximum atomic E-state index is 12.9. The van der Waals surface area contributed by atoms with Gasteiger partial charge in [-0.15, -0.1) is 0 Å². The Kier molecular flexibility index (Phi) is 6.68. The zero-order valence-corrected chi connectivity index (χ0v) is 20.1. The lowest BCUT2D eigenvalue weighted by Crippen LogP contribution is -2.67. The third-order valence-electron chi connectivity index (χ3n) is 6.01. The van der Waals surface area contributed by atoms with Gasteiger partial charge in [-0.25, -0.2) is 12.9 Å². The maximum Gasteiger partial charge on any atom is 0.261 e. The molecule has 29 heavy (non-hydrogen) atoms. The minimum absolute atomic E-state index is 0.0537. The predicted octanol–water partition coefficient (Wildman–Crippen LogP) is 3.67. The van der Waals surface area contributed by atoms with Crippen molar-refractivity contribution in [1.82, 2.24) is 4.31 Å². The van der Waals surface area contributed by atoms with Crippen LogP contribution in [0.1, 0.15) is 33.6 Å². The molecule has 0 spiro atoms. The first-order chi connectivity index (χ1) is 13.7. The third kappa shape index (κ3) is 4.36. The van der Waals surface area contributed by atoms with E-state index < -0.39 is 18.2 Å². The molecule has 1 unspecified atom stereocenters. The number of hydrogen-bond donors (Lipinski definition) is 0. The van der Waals surface area contributed by atoms with Gasteiger partial charge < -0.3 is 4.43 Å². The zero-order valence-electron chi connectivity index (χ0n) is 18.3. The van der Waals surface area contributed by atoms with E-state index in [1.807, 2.05) is 0 Å². The first kappa shape index (κ1) is 22.2. The maximum absolute atomic E-state index is 12.9. The number of benzene rings is 2. The molecule has 2 aromatic carbocycles. The number of nitrogens with zero attached hydrogens (tertiary/aromatic N) is 2. The second kappa shape index (κ2) is 8.72. The topological polar surface area (TPSA) is 41.9 Å². The Morgan fingerprint density at radius 2 is 1.59 bits per heavy atom. The summed E-state index contributed by atoms with van der Waals surface area (Å²) in [7, 11) is -3.25. The lowest BCUT2D eigenvalue weighted by Gasteiger charge is -2.44. The quantitative estimate of drug-likeness (QED) is 0.656. The van der Waals surface area contributed by atoms with Gasteiger partial charge in [0.1, 0.15) is 9.92 Å². The van der Waals surface area contributed by atoms with E-state index in [1.165, 1.54) is 10.4 Å². The standard InChI is InChI=1S/C23H34N2O2SSi/c1-23(2,3)29(21-14-8-6-9-15-21,22-16-10-7-11-17-22)27-19-20-13-12-18-25(20)28(5,26)24-4/h6-11,14-17,20H,12-13,18-19H2,1-5H3/t20-,28?/m1/s1. The van der Waals surface area contributed by atoms with Crippen LogP contribution in [0.5, 0.6) is 0 Å². The second-order valence-electron chi connectivity index (χ2n) is 8.86. The molecule has 4 nitrogen and oxygen atoms in total. The molecule has 2 atom stereocenters. The van der Waals surface area contributed by atoms with Gasteiger partial charge in [0.15, 0.2) is 0 Å². The minimum Gasteiger partial charge on any atom is -0.406 e. The Morgan fingerprint density at radius 3 is 2.03 bits per heavy atom. The molecule has 0 N–H and O–H groups in total. The Labute approximate surface area is 177 Å². The molecule has 1 saturated heterocycles. The summed E-state index contributed by atoms with van der Waals surface area (Å²) >= 11 is 0. The van der Waals surface area contributed by atoms with Crippen LogP contribution in [0.15, 0.2) is 65.0 Å². The van der Waals surface area contributed by atoms with E-state index in [0.717, 1.165) is 19.4 Å². The van der Waals surface area contributed by atoms with Crippen LogP contribution < -0.4 is 10.4 Å². The van der Waals surface area contributed by atoms with E-state index in [-0.39, 0.29) is 11.1 Å². The smallest absolute Gasteiger partial charge is 0.261 e. The fourth-order valence-electron chi connectivity index (χ4n) is 4.51. The summed E-state index contributed by atoms with van der Waals surface area (Å²) in [5.41, 5.74) is 0. The molecule has 158 valence electrons. The van der Waals surface area contributed by atoms with Gasteiger partial charge in [0.05, 0.1) is 6.61 Å². The number of rotatable bonds is 6. The van der Waals surface area contributed by atoms with Gasteiger partial charge in [0.2, 0.25) is 0 Å². The summed E-state index contributed by atoms with van der Waals surface area (Å²) < 4.78 is 26.2. The van der Waals surface area contributed by atoms with Gasteiger partial charge >= 0.3 is 0 Å². The molecule has 0 saturated carbocycles. The second-order valence-corrected chi connectivity index (χ2v) is 15.5. The van der Waals surface area contributed by atoms with Crippen LogP contribution in [0.4, 0.5) is 0 Å². The van der Waals surface area contributed by atoms with Gasteiger partial charge in [-0.05, 0) is 28.3 Å². The Hall–Kier alpha value is -1.47. The molecule has 0 aliphatic carbocycles. The molecule has 1 aliphatic heterocycles. The fraction of sp³-hybridized carbons (Fsp3) is 0.478. The van der Waals surface area contributed by atoms with Crippen molar-refractivity contribution in [3.05, 3.63) is 60.7 Å². The van der Waals surface area contributed by atoms with Crippen molar-refractivity contribution in [2.45, 2.75) is 44.7 Å². The molecular weight excluding hydrogens is 396 g/mol. The van der Waals surface area contributed by atoms with Crippen LogP contribution in [-0.4, -0.2) is 49.3 Å². The summed E-state index contributed by atoms with van der Waals surface area (Å²) in [6.45, 7) is 8.26. The summed E-state index contributed by atoms with van der Waals surface area (Å²) in [4.78, 5) is 0. The van der Waals surface area contributed by atoms with Crippen molar-refractivity contribution < 1.29 is 8.63 Å². The average molecular weight is 431 g/mol. The first-order valence-electron chi connectivity index (χ1n) is 10.3. The molecule has 0 amide bonds. The fourth-order valence-corrected chi connectivity index (χ4v) is 10.5. The van der Waals surface area contributed by atoms with Crippen LogP contribution in [0, 0.1) is 0 Å². The Bertz CT molecular complexity index is 879. The van der Waals surface area contributed by atoms with Gasteiger partial charge in [-0.3, -0.25) is 0 Å². The van der Waals surface area contributed by atoms with Gasteiger partial charge in [-0.1, -0.05) is 81.4 Å². The normalized spacial score (nSPS) is 20.4. The molecule has 1 aliphatic rings. The Balaban J connectivity index is 2.04. The molecule has 1 heterocycles. The van der Waals surface area contributed by atoms with Gasteiger partial charge in [-0.2, -0.15) is 0 Å². The molecule has 6 heteroatoms. The highest BCUT2D eigenvalue weighted by molar-refractivity contribution is 7.90. The van der Waals surface area contributed by atoms with E-state index in [1.54, 1.807) is 13.3 Å². The molecule has 0 radical (unpaired) electrons. The van der Waals surface area contributed by atoms with Gasteiger partial charge in [0.25, 0.3) is 8.32 Å². The van der Waals surface area contributed by atoms with Crippen LogP contribution in [-0.2, 0) is 14.3 Å². The van der Waals surface area contributed by atoms with Gasteiger partial charge in [0, 0.05) is 25.9 Å². The number of hydrogen-bond acceptors (Lipinski definition) is 3. The van der Waals surface area contributed by atoms with E-state index in [4.69, 9.17) is 4.43 Å². The van der Waals surface area contributed by atoms with Crippen molar-refractivity contribution in [3.8, 4) is 0 Å². The SMILES string of the molecule is CN=S(C)(=O)N1CCC[C@@H]1CO[Si](c1ccccc1)(c1ccccc1)C(C)(C)C. The van der Waals surface area contributed by atoms with Crippen molar-refractivity contribution >= 4 is 28.6 Å². The third-order valence-corrected chi connectivity index (χ3v) is 13.0. The van der Waals surface area contributed by atoms with Crippen LogP contribution >= 0.6 is 0 Å². The lowest BCUT2D eigenvalue weighted by molar-refractivity contribution is 0.224. The van der Waals surface area contributed by atoms with E-state index in [2.05, 4.69) is 90.1 Å². The summed E-state index contributed by atoms with van der Waals surface area (Å²) in [5.74, 6) is 0. The molecule has 2 aromatic rings. The summed E-state index contributed by atoms with van der Waals surface area (Å²) in [6, 6.07) is 21.5. The van der Waals surface area contributed by atoms with E-state index in [0.29, 0.717) is 6.61 Å². The van der Waals surface area contributed by atoms with E-state index >= 15 is 0 Å². The summed E-state index contributed by atoms with van der Waals surface area (Å²) in [5, 5.41) is 2.50. The molecule has 1 fully saturated rings. The highest BCUT2D eigenvalue weighted by Gasteiger charge is 2.50. The molecule has 3 rings (SSSR count). The average Bonchev–Trinajstić information content (AvgIpc) is 3.19. The van der Waals surface area contributed by atoms with Crippen LogP contribution in [0.25, 0.3) is 0 Å². The zero-order chi connectivity index (χ0) is 21.1. The van der Waals surface area contributed by atoms with Crippen molar-refractivity contribution in [2.75, 3.05) is 26.5 Å². The van der Waals surface area contributed by atoms with Crippen molar-refractivity contribution in [2.24, 2.45) is 4.36 Å². The molecule has 0 bridgehead atoms. The lowest BCUT2D eigenvalue weighted by atomic mass is 10.2. The molecular formula is C23H34N2O2SSi. The highest BCUT2D eigenvalue weighted by atomic mass is 32.2. The van der Waals surface area contributed by atoms with E-state index in [9.17, 15) is 4.21 Å². The van der Waals surface area contributed by atoms with Crippen LogP contribution in [0.2, 0.25) is 5.04 Å². The first-order valence-corrected chi connectivity index (χ1v) is 14.1. The van der Waals surface area contributed by atoms with Crippen molar-refractivity contribution in [1.29, 1.82) is 0 Å². The monoisotopic (exact) mass is 430 g/mol. The van der Waals surface area contributed by atoms with Crippen molar-refractivity contribution in [3.63, 3.8) is 0 Å². The predicted molar refractivity (Wildman–Crippen MR) is 126 cm³/mol. The minimum atomic E-state index is -2.57. The summed E-state index contributed by atoms with van der Waals surface area (Å²) in [6.07, 6.45) is 3.78. The Morgan fingerprint density at radius 1 is 1.07 bits per heavy atom. The highest BCUT2D eigenvalue weighted by Crippen LogP contribution is 2.37.